The van der Waals surface area contributed by atoms with Crippen LogP contribution in [0.15, 0.2) is 11.6 Å². The molecule has 0 amide bonds. The molecule has 0 radical (unpaired) electrons. The zero-order valence-corrected chi connectivity index (χ0v) is 23.6. The fourth-order valence-electron chi connectivity index (χ4n) is 11.5. The first-order chi connectivity index (χ1) is 15.8. The van der Waals surface area contributed by atoms with E-state index in [-0.39, 0.29) is 17.5 Å². The van der Waals surface area contributed by atoms with E-state index in [1.807, 2.05) is 0 Å². The Bertz CT molecular complexity index is 866. The topological polar surface area (TPSA) is 26.3 Å². The Morgan fingerprint density at radius 3 is 2.24 bits per heavy atom. The number of hydrogen-bond acceptors (Lipinski definition) is 2. The Hall–Kier alpha value is -0.790. The molecule has 34 heavy (non-hydrogen) atoms. The van der Waals surface area contributed by atoms with Crippen molar-refractivity contribution < 1.29 is 9.53 Å². The minimum atomic E-state index is -0.0927. The van der Waals surface area contributed by atoms with Crippen molar-refractivity contribution >= 4 is 5.97 Å². The molecule has 5 aliphatic rings. The molecular weight excluding hydrogens is 416 g/mol. The number of carbonyl (C=O) groups is 1. The van der Waals surface area contributed by atoms with Gasteiger partial charge in [0.05, 0.1) is 0 Å². The third kappa shape index (κ3) is 3.14. The Morgan fingerprint density at radius 1 is 0.882 bits per heavy atom. The first kappa shape index (κ1) is 24.9. The molecule has 0 N–H and O–H groups in total. The van der Waals surface area contributed by atoms with Crippen molar-refractivity contribution in [2.24, 2.45) is 50.7 Å². The predicted molar refractivity (Wildman–Crippen MR) is 140 cm³/mol. The molecule has 192 valence electrons. The number of esters is 1. The summed E-state index contributed by atoms with van der Waals surface area (Å²) < 4.78 is 5.90. The first-order valence-electron chi connectivity index (χ1n) is 14.6. The molecule has 0 saturated heterocycles. The van der Waals surface area contributed by atoms with Gasteiger partial charge in [0.15, 0.2) is 0 Å². The number of hydrogen-bond donors (Lipinski definition) is 0. The molecule has 0 aromatic heterocycles. The molecule has 0 bridgehead atoms. The largest absolute Gasteiger partial charge is 0.462 e. The number of rotatable bonds is 5. The summed E-state index contributed by atoms with van der Waals surface area (Å²) >= 11 is 0. The summed E-state index contributed by atoms with van der Waals surface area (Å²) in [6.07, 6.45) is 17.6. The van der Waals surface area contributed by atoms with E-state index in [1.54, 1.807) is 6.92 Å². The van der Waals surface area contributed by atoms with Gasteiger partial charge in [0, 0.05) is 12.3 Å². The Kier molecular flexibility index (Phi) is 5.75. The van der Waals surface area contributed by atoms with Crippen molar-refractivity contribution in [3.8, 4) is 0 Å². The highest BCUT2D eigenvalue weighted by Crippen LogP contribution is 2.89. The van der Waals surface area contributed by atoms with E-state index in [2.05, 4.69) is 54.5 Å². The van der Waals surface area contributed by atoms with E-state index in [1.165, 1.54) is 69.8 Å². The van der Waals surface area contributed by atoms with Crippen LogP contribution in [0.1, 0.15) is 126 Å². The van der Waals surface area contributed by atoms with Gasteiger partial charge in [-0.1, -0.05) is 46.3 Å². The molecule has 5 saturated carbocycles. The second-order valence-corrected chi connectivity index (χ2v) is 14.9. The highest BCUT2D eigenvalue weighted by atomic mass is 16.5. The van der Waals surface area contributed by atoms with Crippen molar-refractivity contribution in [3.05, 3.63) is 11.6 Å². The van der Waals surface area contributed by atoms with Gasteiger partial charge < -0.3 is 4.74 Å². The molecule has 5 aliphatic carbocycles. The minimum Gasteiger partial charge on any atom is -0.462 e. The zero-order valence-electron chi connectivity index (χ0n) is 23.6. The van der Waals surface area contributed by atoms with E-state index in [0.717, 1.165) is 30.1 Å². The van der Waals surface area contributed by atoms with Crippen LogP contribution in [0.4, 0.5) is 0 Å². The molecule has 0 aliphatic heterocycles. The van der Waals surface area contributed by atoms with Crippen molar-refractivity contribution in [2.45, 2.75) is 132 Å². The SMILES string of the molecule is CC(=O)OC1CC[C@]23C[C@@]24CC[C@]2(C)[C@@H]([C@H](C)CCC=C(C)C)CC[C@@]2(C)[C@@H]4CC[C@H]3C1(C)C. The molecule has 5 rings (SSSR count). The fraction of sp³-hybridized carbons (Fsp3) is 0.906. The number of allylic oxidation sites excluding steroid dienone is 2. The number of carbonyl (C=O) groups excluding carboxylic acids is 1. The Labute approximate surface area is 210 Å². The minimum absolute atomic E-state index is 0.0927. The van der Waals surface area contributed by atoms with Crippen molar-refractivity contribution in [1.82, 2.24) is 0 Å². The van der Waals surface area contributed by atoms with Gasteiger partial charge >= 0.3 is 5.97 Å². The van der Waals surface area contributed by atoms with Crippen molar-refractivity contribution in [3.63, 3.8) is 0 Å². The molecule has 9 atom stereocenters. The summed E-state index contributed by atoms with van der Waals surface area (Å²) in [5.41, 5.74) is 3.71. The zero-order chi connectivity index (χ0) is 24.7. The maximum absolute atomic E-state index is 11.8. The molecule has 1 unspecified atom stereocenters. The number of fused-ring (bicyclic) bond motifs is 2. The summed E-state index contributed by atoms with van der Waals surface area (Å²) in [4.78, 5) is 11.8. The average Bonchev–Trinajstić information content (AvgIpc) is 3.32. The van der Waals surface area contributed by atoms with Gasteiger partial charge in [0.2, 0.25) is 0 Å². The summed E-state index contributed by atoms with van der Waals surface area (Å²) in [6.45, 7) is 18.9. The van der Waals surface area contributed by atoms with Gasteiger partial charge in [-0.15, -0.1) is 0 Å². The summed E-state index contributed by atoms with van der Waals surface area (Å²) in [5, 5.41) is 0. The van der Waals surface area contributed by atoms with Crippen molar-refractivity contribution in [1.29, 1.82) is 0 Å². The van der Waals surface area contributed by atoms with Crippen LogP contribution >= 0.6 is 0 Å². The van der Waals surface area contributed by atoms with Crippen LogP contribution in [0.25, 0.3) is 0 Å². The number of ether oxygens (including phenoxy) is 1. The van der Waals surface area contributed by atoms with Gasteiger partial charge in [0.25, 0.3) is 0 Å². The summed E-state index contributed by atoms with van der Waals surface area (Å²) in [5.74, 6) is 3.27. The fourth-order valence-corrected chi connectivity index (χ4v) is 11.5. The molecular formula is C32H52O2. The molecule has 5 fully saturated rings. The average molecular weight is 469 g/mol. The lowest BCUT2D eigenvalue weighted by molar-refractivity contribution is -0.181. The monoisotopic (exact) mass is 468 g/mol. The van der Waals surface area contributed by atoms with Crippen LogP contribution < -0.4 is 0 Å². The van der Waals surface area contributed by atoms with Gasteiger partial charge in [-0.05, 0) is 130 Å². The quantitative estimate of drug-likeness (QED) is 0.298. The van der Waals surface area contributed by atoms with Crippen LogP contribution in [0.2, 0.25) is 0 Å². The summed E-state index contributed by atoms with van der Waals surface area (Å²) in [6, 6.07) is 0. The first-order valence-corrected chi connectivity index (χ1v) is 14.6. The lowest BCUT2D eigenvalue weighted by Crippen LogP contribution is -2.58. The van der Waals surface area contributed by atoms with Crippen LogP contribution in [-0.4, -0.2) is 12.1 Å². The Balaban J connectivity index is 1.39. The smallest absolute Gasteiger partial charge is 0.302 e. The van der Waals surface area contributed by atoms with Gasteiger partial charge in [-0.2, -0.15) is 0 Å². The predicted octanol–water partition coefficient (Wildman–Crippen LogP) is 8.74. The van der Waals surface area contributed by atoms with Crippen LogP contribution in [0, 0.1) is 50.7 Å². The normalized spacial score (nSPS) is 49.1. The molecule has 0 aromatic rings. The van der Waals surface area contributed by atoms with E-state index in [4.69, 9.17) is 4.74 Å². The molecule has 2 nitrogen and oxygen atoms in total. The van der Waals surface area contributed by atoms with E-state index in [9.17, 15) is 4.79 Å². The Morgan fingerprint density at radius 2 is 1.56 bits per heavy atom. The molecule has 0 aromatic carbocycles. The lowest BCUT2D eigenvalue weighted by atomic mass is 9.41. The van der Waals surface area contributed by atoms with Gasteiger partial charge in [-0.25, -0.2) is 0 Å². The van der Waals surface area contributed by atoms with Gasteiger partial charge in [0.1, 0.15) is 6.10 Å². The van der Waals surface area contributed by atoms with Crippen LogP contribution in [0.5, 0.6) is 0 Å². The molecule has 2 spiro atoms. The van der Waals surface area contributed by atoms with Crippen molar-refractivity contribution in [2.75, 3.05) is 0 Å². The lowest BCUT2D eigenvalue weighted by Gasteiger charge is -2.63. The highest BCUT2D eigenvalue weighted by molar-refractivity contribution is 5.66. The van der Waals surface area contributed by atoms with E-state index in [0.29, 0.717) is 21.7 Å². The van der Waals surface area contributed by atoms with E-state index < -0.39 is 0 Å². The van der Waals surface area contributed by atoms with Crippen LogP contribution in [0.3, 0.4) is 0 Å². The molecule has 2 heteroatoms. The van der Waals surface area contributed by atoms with Gasteiger partial charge in [-0.3, -0.25) is 4.79 Å². The third-order valence-corrected chi connectivity index (χ3v) is 13.3. The second-order valence-electron chi connectivity index (χ2n) is 14.9. The second kappa shape index (κ2) is 7.85. The van der Waals surface area contributed by atoms with Crippen LogP contribution in [-0.2, 0) is 9.53 Å². The maximum atomic E-state index is 11.8. The highest BCUT2D eigenvalue weighted by Gasteiger charge is 2.82. The molecule has 0 heterocycles. The standard InChI is InChI=1S/C32H52O2/c1-21(2)10-9-11-22(3)24-14-16-30(8)26-13-12-25-28(5,6)27(34-23(4)33)15-17-31(25)20-32(26,31)19-18-29(24,30)7/h10,22,24-27H,9,11-20H2,1-8H3/t22-,24-,25+,26+,27?,29-,30+,31-,32-/m1/s1. The maximum Gasteiger partial charge on any atom is 0.302 e. The summed E-state index contributed by atoms with van der Waals surface area (Å²) in [7, 11) is 0. The third-order valence-electron chi connectivity index (χ3n) is 13.3. The van der Waals surface area contributed by atoms with E-state index >= 15 is 0 Å².